The third-order valence-electron chi connectivity index (χ3n) is 1.43. The molecular weight excluding hydrogens is 126 g/mol. The monoisotopic (exact) mass is 137 g/mol. The fourth-order valence-corrected chi connectivity index (χ4v) is 0.678. The maximum absolute atomic E-state index is 3.97. The Morgan fingerprint density at radius 2 is 2.10 bits per heavy atom. The minimum Gasteiger partial charge on any atom is -0.336 e. The fraction of sp³-hybridized carbons (Fsp3) is 0.286. The van der Waals surface area contributed by atoms with Gasteiger partial charge < -0.3 is 9.80 Å². The van der Waals surface area contributed by atoms with Crippen LogP contribution in [0.3, 0.4) is 0 Å². The van der Waals surface area contributed by atoms with Gasteiger partial charge in [-0.25, -0.2) is 4.99 Å². The van der Waals surface area contributed by atoms with Crippen molar-refractivity contribution in [3.8, 4) is 0 Å². The summed E-state index contributed by atoms with van der Waals surface area (Å²) in [5.41, 5.74) is 0. The van der Waals surface area contributed by atoms with Crippen LogP contribution in [0.4, 0.5) is 0 Å². The summed E-state index contributed by atoms with van der Waals surface area (Å²) in [6.07, 6.45) is 5.32. The van der Waals surface area contributed by atoms with Gasteiger partial charge in [-0.3, -0.25) is 0 Å². The number of rotatable bonds is 0. The predicted octanol–water partition coefficient (Wildman–Crippen LogP) is 0.834. The van der Waals surface area contributed by atoms with E-state index in [-0.39, 0.29) is 0 Å². The molecule has 0 saturated heterocycles. The van der Waals surface area contributed by atoms with Crippen LogP contribution >= 0.6 is 0 Å². The molecule has 0 aromatic carbocycles. The van der Waals surface area contributed by atoms with Crippen LogP contribution < -0.4 is 0 Å². The molecule has 0 radical (unpaired) electrons. The van der Waals surface area contributed by atoms with Gasteiger partial charge in [0, 0.05) is 26.5 Å². The molecule has 54 valence electrons. The average molecular weight is 137 g/mol. The highest BCUT2D eigenvalue weighted by molar-refractivity contribution is 5.58. The lowest BCUT2D eigenvalue weighted by Crippen LogP contribution is -2.23. The van der Waals surface area contributed by atoms with Gasteiger partial charge in [-0.15, -0.1) is 0 Å². The zero-order valence-corrected chi connectivity index (χ0v) is 6.28. The highest BCUT2D eigenvalue weighted by atomic mass is 15.3. The molecule has 3 nitrogen and oxygen atoms in total. The maximum atomic E-state index is 3.97. The highest BCUT2D eigenvalue weighted by Gasteiger charge is 2.03. The van der Waals surface area contributed by atoms with Crippen LogP contribution in [0, 0.1) is 0 Å². The van der Waals surface area contributed by atoms with E-state index in [9.17, 15) is 0 Å². The molecule has 0 aliphatic carbocycles. The maximum Gasteiger partial charge on any atom is 0.105 e. The van der Waals surface area contributed by atoms with E-state index < -0.39 is 0 Å². The Kier molecular flexibility index (Phi) is 1.76. The van der Waals surface area contributed by atoms with E-state index in [4.69, 9.17) is 0 Å². The van der Waals surface area contributed by atoms with Gasteiger partial charge in [-0.1, -0.05) is 6.58 Å². The van der Waals surface area contributed by atoms with E-state index in [2.05, 4.69) is 11.6 Å². The molecule has 0 N–H and O–H groups in total. The van der Waals surface area contributed by atoms with Crippen molar-refractivity contribution in [1.82, 2.24) is 9.80 Å². The fourth-order valence-electron chi connectivity index (χ4n) is 0.678. The van der Waals surface area contributed by atoms with E-state index >= 15 is 0 Å². The topological polar surface area (TPSA) is 18.8 Å². The zero-order valence-electron chi connectivity index (χ0n) is 6.28. The summed E-state index contributed by atoms with van der Waals surface area (Å²) in [6, 6.07) is 0. The van der Waals surface area contributed by atoms with Crippen LogP contribution in [0.25, 0.3) is 0 Å². The van der Waals surface area contributed by atoms with E-state index in [0.717, 1.165) is 5.82 Å². The number of aliphatic imine (C=N–C) groups is 1. The van der Waals surface area contributed by atoms with Crippen molar-refractivity contribution in [1.29, 1.82) is 0 Å². The molecule has 0 aromatic heterocycles. The summed E-state index contributed by atoms with van der Waals surface area (Å²) in [5.74, 6) is 0.914. The second-order valence-corrected chi connectivity index (χ2v) is 2.20. The van der Waals surface area contributed by atoms with Crippen molar-refractivity contribution in [3.05, 3.63) is 24.8 Å². The molecule has 0 fully saturated rings. The largest absolute Gasteiger partial charge is 0.336 e. The molecule has 1 rings (SSSR count). The second kappa shape index (κ2) is 2.56. The van der Waals surface area contributed by atoms with Crippen molar-refractivity contribution in [3.63, 3.8) is 0 Å². The van der Waals surface area contributed by atoms with Crippen molar-refractivity contribution >= 4 is 6.34 Å². The van der Waals surface area contributed by atoms with Crippen LogP contribution in [0.1, 0.15) is 0 Å². The Bertz CT molecular complexity index is 173. The van der Waals surface area contributed by atoms with Crippen LogP contribution in [-0.2, 0) is 0 Å². The van der Waals surface area contributed by atoms with Gasteiger partial charge in [-0.2, -0.15) is 0 Å². The summed E-state index contributed by atoms with van der Waals surface area (Å²) >= 11 is 0. The van der Waals surface area contributed by atoms with E-state index in [1.54, 1.807) is 12.5 Å². The van der Waals surface area contributed by atoms with Gasteiger partial charge in [0.1, 0.15) is 5.82 Å². The second-order valence-electron chi connectivity index (χ2n) is 2.20. The molecule has 0 saturated carbocycles. The minimum atomic E-state index is 0.914. The minimum absolute atomic E-state index is 0.914. The summed E-state index contributed by atoms with van der Waals surface area (Å²) in [4.78, 5) is 7.74. The molecule has 0 amide bonds. The van der Waals surface area contributed by atoms with Crippen LogP contribution in [-0.4, -0.2) is 30.2 Å². The van der Waals surface area contributed by atoms with Crippen molar-refractivity contribution in [2.75, 3.05) is 14.1 Å². The lowest BCUT2D eigenvalue weighted by atomic mass is 10.6. The molecule has 10 heavy (non-hydrogen) atoms. The summed E-state index contributed by atoms with van der Waals surface area (Å²) < 4.78 is 0. The molecule has 0 unspecified atom stereocenters. The Morgan fingerprint density at radius 1 is 1.40 bits per heavy atom. The van der Waals surface area contributed by atoms with E-state index in [1.165, 1.54) is 0 Å². The Balaban J connectivity index is 2.79. The number of hydrogen-bond acceptors (Lipinski definition) is 3. The Morgan fingerprint density at radius 3 is 2.80 bits per heavy atom. The van der Waals surface area contributed by atoms with Crippen molar-refractivity contribution in [2.45, 2.75) is 0 Å². The molecule has 3 heteroatoms. The van der Waals surface area contributed by atoms with Crippen molar-refractivity contribution in [2.24, 2.45) is 4.99 Å². The average Bonchev–Trinajstić information content (AvgIpc) is 2.04. The molecule has 0 atom stereocenters. The normalized spacial score (nSPS) is 18.0. The first kappa shape index (κ1) is 6.86. The molecule has 0 spiro atoms. The molecular formula is C7H11N3. The van der Waals surface area contributed by atoms with E-state index in [1.807, 2.05) is 30.1 Å². The standard InChI is InChI=1S/C7H11N3/c1-7-9(2)5-4-8-6-10(7)3/h4-6H,1H2,2-3H3. The van der Waals surface area contributed by atoms with Gasteiger partial charge in [0.25, 0.3) is 0 Å². The molecule has 1 aliphatic rings. The SMILES string of the molecule is C=C1N(C)C=CN=CN1C. The summed E-state index contributed by atoms with van der Waals surface area (Å²) in [5, 5.41) is 0. The molecule has 0 aromatic rings. The van der Waals surface area contributed by atoms with Gasteiger partial charge in [-0.05, 0) is 0 Å². The third kappa shape index (κ3) is 1.18. The first-order valence-electron chi connectivity index (χ1n) is 3.06. The van der Waals surface area contributed by atoms with Crippen LogP contribution in [0.5, 0.6) is 0 Å². The molecule has 0 bridgehead atoms. The molecule has 1 heterocycles. The Hall–Kier alpha value is -1.25. The summed E-state index contributed by atoms with van der Waals surface area (Å²) in [7, 11) is 3.85. The first-order valence-corrected chi connectivity index (χ1v) is 3.06. The van der Waals surface area contributed by atoms with Crippen LogP contribution in [0.15, 0.2) is 29.8 Å². The summed E-state index contributed by atoms with van der Waals surface area (Å²) in [6.45, 7) is 3.85. The smallest absolute Gasteiger partial charge is 0.105 e. The Labute approximate surface area is 61.0 Å². The van der Waals surface area contributed by atoms with Crippen molar-refractivity contribution < 1.29 is 0 Å². The quantitative estimate of drug-likeness (QED) is 0.492. The van der Waals surface area contributed by atoms with Gasteiger partial charge in [0.05, 0.1) is 6.34 Å². The van der Waals surface area contributed by atoms with Gasteiger partial charge in [0.15, 0.2) is 0 Å². The van der Waals surface area contributed by atoms with Crippen LogP contribution in [0.2, 0.25) is 0 Å². The lowest BCUT2D eigenvalue weighted by molar-refractivity contribution is 0.435. The van der Waals surface area contributed by atoms with Gasteiger partial charge >= 0.3 is 0 Å². The third-order valence-corrected chi connectivity index (χ3v) is 1.43. The number of hydrogen-bond donors (Lipinski definition) is 0. The number of nitrogens with zero attached hydrogens (tertiary/aromatic N) is 3. The molecule has 1 aliphatic heterocycles. The van der Waals surface area contributed by atoms with Gasteiger partial charge in [0.2, 0.25) is 0 Å². The predicted molar refractivity (Wildman–Crippen MR) is 42.3 cm³/mol. The first-order chi connectivity index (χ1) is 4.72. The van der Waals surface area contributed by atoms with E-state index in [0.29, 0.717) is 0 Å². The zero-order chi connectivity index (χ0) is 7.56. The lowest BCUT2D eigenvalue weighted by Gasteiger charge is -2.21. The highest BCUT2D eigenvalue weighted by Crippen LogP contribution is 2.04.